The largest absolute Gasteiger partial charge is 0.308 e. The Morgan fingerprint density at radius 3 is 2.41 bits per heavy atom. The third kappa shape index (κ3) is 4.60. The number of halogens is 2. The van der Waals surface area contributed by atoms with E-state index in [4.69, 9.17) is 23.2 Å². The van der Waals surface area contributed by atoms with E-state index in [1.165, 1.54) is 0 Å². The molecule has 32 heavy (non-hydrogen) atoms. The second-order valence-corrected chi connectivity index (χ2v) is 9.64. The zero-order chi connectivity index (χ0) is 22.9. The number of hydrogen-bond acceptors (Lipinski definition) is 2. The number of nitrogens with zero attached hydrogens (tertiary/aromatic N) is 1. The Balaban J connectivity index is 1.59. The van der Waals surface area contributed by atoms with E-state index >= 15 is 0 Å². The standard InChI is InChI=1S/C27H25Cl2NO2/c1-27(2,25(31)15-18-8-11-22(28)12-9-18)21-10-13-24-19(16-21)6-4-14-30(24)26(32)20-5-3-7-23(29)17-20/h3,5,7-13,16-17H,4,6,14-15H2,1-2H3. The fourth-order valence-electron chi connectivity index (χ4n) is 4.14. The first-order valence-corrected chi connectivity index (χ1v) is 11.5. The predicted octanol–water partition coefficient (Wildman–Crippen LogP) is 6.68. The minimum atomic E-state index is -0.645. The summed E-state index contributed by atoms with van der Waals surface area (Å²) in [6, 6.07) is 20.5. The molecule has 0 bridgehead atoms. The van der Waals surface area contributed by atoms with Gasteiger partial charge in [0.2, 0.25) is 0 Å². The lowest BCUT2D eigenvalue weighted by Gasteiger charge is -2.32. The maximum absolute atomic E-state index is 13.2. The Hall–Kier alpha value is -2.62. The first-order chi connectivity index (χ1) is 15.3. The molecule has 5 heteroatoms. The van der Waals surface area contributed by atoms with Crippen LogP contribution in [0, 0.1) is 0 Å². The third-order valence-electron chi connectivity index (χ3n) is 6.21. The van der Waals surface area contributed by atoms with E-state index in [-0.39, 0.29) is 11.7 Å². The molecule has 0 aromatic heterocycles. The zero-order valence-corrected chi connectivity index (χ0v) is 19.7. The first kappa shape index (κ1) is 22.6. The highest BCUT2D eigenvalue weighted by atomic mass is 35.5. The Morgan fingerprint density at radius 2 is 1.69 bits per heavy atom. The van der Waals surface area contributed by atoms with Gasteiger partial charge in [-0.3, -0.25) is 9.59 Å². The van der Waals surface area contributed by atoms with Gasteiger partial charge in [0.1, 0.15) is 5.78 Å². The lowest BCUT2D eigenvalue weighted by Crippen LogP contribution is -2.36. The summed E-state index contributed by atoms with van der Waals surface area (Å²) >= 11 is 12.0. The quantitative estimate of drug-likeness (QED) is 0.421. The molecule has 0 aliphatic carbocycles. The highest BCUT2D eigenvalue weighted by Gasteiger charge is 2.31. The fraction of sp³-hybridized carbons (Fsp3) is 0.259. The normalized spacial score (nSPS) is 13.6. The van der Waals surface area contributed by atoms with E-state index in [9.17, 15) is 9.59 Å². The number of amides is 1. The van der Waals surface area contributed by atoms with Crippen molar-refractivity contribution in [2.75, 3.05) is 11.4 Å². The summed E-state index contributed by atoms with van der Waals surface area (Å²) in [4.78, 5) is 28.1. The summed E-state index contributed by atoms with van der Waals surface area (Å²) in [5.74, 6) is 0.0849. The number of Topliss-reactive ketones (excluding diaryl/α,β-unsaturated/α-hetero) is 1. The van der Waals surface area contributed by atoms with Crippen LogP contribution in [0.25, 0.3) is 0 Å². The number of hydrogen-bond donors (Lipinski definition) is 0. The van der Waals surface area contributed by atoms with Gasteiger partial charge < -0.3 is 4.90 Å². The summed E-state index contributed by atoms with van der Waals surface area (Å²) in [6.07, 6.45) is 2.10. The van der Waals surface area contributed by atoms with E-state index in [0.29, 0.717) is 28.6 Å². The Kier molecular flexibility index (Phi) is 6.41. The monoisotopic (exact) mass is 465 g/mol. The smallest absolute Gasteiger partial charge is 0.258 e. The van der Waals surface area contributed by atoms with Crippen molar-refractivity contribution in [3.8, 4) is 0 Å². The van der Waals surface area contributed by atoms with Crippen LogP contribution in [-0.2, 0) is 23.1 Å². The van der Waals surface area contributed by atoms with E-state index in [1.54, 1.807) is 24.3 Å². The zero-order valence-electron chi connectivity index (χ0n) is 18.2. The Morgan fingerprint density at radius 1 is 0.938 bits per heavy atom. The number of carbonyl (C=O) groups is 2. The SMILES string of the molecule is CC(C)(C(=O)Cc1ccc(Cl)cc1)c1ccc2c(c1)CCCN2C(=O)c1cccc(Cl)c1. The molecular formula is C27H25Cl2NO2. The number of anilines is 1. The van der Waals surface area contributed by atoms with Crippen LogP contribution in [0.5, 0.6) is 0 Å². The average molecular weight is 466 g/mol. The summed E-state index contributed by atoms with van der Waals surface area (Å²) in [6.45, 7) is 4.59. The summed E-state index contributed by atoms with van der Waals surface area (Å²) in [5.41, 5.74) is 3.85. The molecule has 0 radical (unpaired) electrons. The maximum atomic E-state index is 13.2. The van der Waals surface area contributed by atoms with Crippen LogP contribution in [0.4, 0.5) is 5.69 Å². The fourth-order valence-corrected chi connectivity index (χ4v) is 4.46. The Labute approximate surface area is 199 Å². The van der Waals surface area contributed by atoms with Crippen LogP contribution in [0.3, 0.4) is 0 Å². The van der Waals surface area contributed by atoms with Crippen molar-refractivity contribution in [2.45, 2.75) is 38.5 Å². The van der Waals surface area contributed by atoms with E-state index < -0.39 is 5.41 Å². The summed E-state index contributed by atoms with van der Waals surface area (Å²) < 4.78 is 0. The van der Waals surface area contributed by atoms with Gasteiger partial charge in [-0.1, -0.05) is 53.5 Å². The molecule has 0 saturated heterocycles. The average Bonchev–Trinajstić information content (AvgIpc) is 2.79. The second-order valence-electron chi connectivity index (χ2n) is 8.77. The summed E-state index contributed by atoms with van der Waals surface area (Å²) in [7, 11) is 0. The molecule has 1 aliphatic heterocycles. The number of benzene rings is 3. The van der Waals surface area contributed by atoms with Crippen molar-refractivity contribution in [3.63, 3.8) is 0 Å². The molecule has 3 nitrogen and oxygen atoms in total. The number of carbonyl (C=O) groups excluding carboxylic acids is 2. The van der Waals surface area contributed by atoms with Gasteiger partial charge in [-0.05, 0) is 79.8 Å². The molecule has 4 rings (SSSR count). The van der Waals surface area contributed by atoms with Gasteiger partial charge in [0.05, 0.1) is 0 Å². The van der Waals surface area contributed by atoms with Crippen molar-refractivity contribution in [1.29, 1.82) is 0 Å². The van der Waals surface area contributed by atoms with Crippen LogP contribution in [0.2, 0.25) is 10.0 Å². The molecule has 1 heterocycles. The number of rotatable bonds is 5. The Bertz CT molecular complexity index is 1170. The van der Waals surface area contributed by atoms with Crippen molar-refractivity contribution in [1.82, 2.24) is 0 Å². The van der Waals surface area contributed by atoms with Gasteiger partial charge >= 0.3 is 0 Å². The topological polar surface area (TPSA) is 37.4 Å². The van der Waals surface area contributed by atoms with Crippen molar-refractivity contribution < 1.29 is 9.59 Å². The number of fused-ring (bicyclic) bond motifs is 1. The molecule has 0 saturated carbocycles. The van der Waals surface area contributed by atoms with Crippen LogP contribution >= 0.6 is 23.2 Å². The highest BCUT2D eigenvalue weighted by Crippen LogP contribution is 2.34. The van der Waals surface area contributed by atoms with Gasteiger partial charge in [0, 0.05) is 39.7 Å². The molecule has 3 aromatic rings. The molecule has 164 valence electrons. The minimum Gasteiger partial charge on any atom is -0.308 e. The highest BCUT2D eigenvalue weighted by molar-refractivity contribution is 6.31. The lowest BCUT2D eigenvalue weighted by molar-refractivity contribution is -0.122. The summed E-state index contributed by atoms with van der Waals surface area (Å²) in [5, 5.41) is 1.21. The van der Waals surface area contributed by atoms with Crippen LogP contribution in [0.15, 0.2) is 66.7 Å². The number of ketones is 1. The van der Waals surface area contributed by atoms with E-state index in [1.807, 2.05) is 55.1 Å². The molecule has 1 amide bonds. The third-order valence-corrected chi connectivity index (χ3v) is 6.70. The molecule has 0 spiro atoms. The van der Waals surface area contributed by atoms with Gasteiger partial charge in [-0.25, -0.2) is 0 Å². The molecular weight excluding hydrogens is 441 g/mol. The van der Waals surface area contributed by atoms with Crippen molar-refractivity contribution in [2.24, 2.45) is 0 Å². The minimum absolute atomic E-state index is 0.0562. The van der Waals surface area contributed by atoms with Gasteiger partial charge in [0.15, 0.2) is 0 Å². The predicted molar refractivity (Wildman–Crippen MR) is 131 cm³/mol. The van der Waals surface area contributed by atoms with Crippen LogP contribution in [-0.4, -0.2) is 18.2 Å². The van der Waals surface area contributed by atoms with Crippen molar-refractivity contribution >= 4 is 40.6 Å². The van der Waals surface area contributed by atoms with Gasteiger partial charge in [-0.15, -0.1) is 0 Å². The molecule has 0 unspecified atom stereocenters. The first-order valence-electron chi connectivity index (χ1n) is 10.7. The van der Waals surface area contributed by atoms with Crippen LogP contribution in [0.1, 0.15) is 47.3 Å². The molecule has 3 aromatic carbocycles. The molecule has 0 N–H and O–H groups in total. The van der Waals surface area contributed by atoms with Crippen molar-refractivity contribution in [3.05, 3.63) is 99.0 Å². The lowest BCUT2D eigenvalue weighted by atomic mass is 9.77. The molecule has 0 atom stereocenters. The molecule has 1 aliphatic rings. The van der Waals surface area contributed by atoms with E-state index in [0.717, 1.165) is 35.2 Å². The van der Waals surface area contributed by atoms with Gasteiger partial charge in [0.25, 0.3) is 5.91 Å². The number of aryl methyl sites for hydroxylation is 1. The maximum Gasteiger partial charge on any atom is 0.258 e. The van der Waals surface area contributed by atoms with E-state index in [2.05, 4.69) is 6.07 Å². The second kappa shape index (κ2) is 9.09. The van der Waals surface area contributed by atoms with Crippen LogP contribution < -0.4 is 4.90 Å². The molecule has 0 fully saturated rings. The van der Waals surface area contributed by atoms with Gasteiger partial charge in [-0.2, -0.15) is 0 Å².